The highest BCUT2D eigenvalue weighted by atomic mass is 16.2. The van der Waals surface area contributed by atoms with Crippen LogP contribution in [0.5, 0.6) is 0 Å². The highest BCUT2D eigenvalue weighted by Gasteiger charge is 2.59. The van der Waals surface area contributed by atoms with E-state index in [1.54, 1.807) is 4.90 Å². The van der Waals surface area contributed by atoms with Crippen molar-refractivity contribution in [1.29, 1.82) is 0 Å². The second-order valence-corrected chi connectivity index (χ2v) is 5.06. The Labute approximate surface area is 96.8 Å². The molecule has 4 nitrogen and oxygen atoms in total. The van der Waals surface area contributed by atoms with Crippen LogP contribution in [-0.4, -0.2) is 36.6 Å². The third-order valence-electron chi connectivity index (χ3n) is 4.12. The first-order valence-electron chi connectivity index (χ1n) is 5.94. The van der Waals surface area contributed by atoms with Crippen molar-refractivity contribution in [2.24, 2.45) is 17.8 Å². The molecule has 0 aromatic rings. The molecule has 0 radical (unpaired) electrons. The minimum absolute atomic E-state index is 0.0493. The molecular formula is C12H19N3O. The first kappa shape index (κ1) is 11.4. The molecule has 1 aliphatic carbocycles. The number of hydrogen-bond donors (Lipinski definition) is 1. The predicted molar refractivity (Wildman–Crippen MR) is 61.4 cm³/mol. The van der Waals surface area contributed by atoms with Gasteiger partial charge in [0, 0.05) is 12.6 Å². The number of carbonyl (C=O) groups is 1. The Morgan fingerprint density at radius 3 is 2.81 bits per heavy atom. The van der Waals surface area contributed by atoms with E-state index < -0.39 is 0 Å². The number of likely N-dealkylation sites (tertiary alicyclic amines) is 1. The molecule has 0 spiro atoms. The van der Waals surface area contributed by atoms with Crippen molar-refractivity contribution in [2.45, 2.75) is 32.5 Å². The quantitative estimate of drug-likeness (QED) is 0.720. The van der Waals surface area contributed by atoms with E-state index in [4.69, 9.17) is 6.57 Å². The molecule has 0 aromatic heterocycles. The predicted octanol–water partition coefficient (Wildman–Crippen LogP) is 0.954. The summed E-state index contributed by atoms with van der Waals surface area (Å²) in [5.74, 6) is 1.17. The van der Waals surface area contributed by atoms with Crippen LogP contribution in [0.2, 0.25) is 0 Å². The van der Waals surface area contributed by atoms with Gasteiger partial charge in [0.2, 0.25) is 5.91 Å². The van der Waals surface area contributed by atoms with Gasteiger partial charge in [-0.05, 0) is 26.3 Å². The van der Waals surface area contributed by atoms with E-state index in [2.05, 4.69) is 10.2 Å². The molecule has 0 aromatic carbocycles. The molecule has 1 heterocycles. The maximum Gasteiger partial charge on any atom is 0.303 e. The van der Waals surface area contributed by atoms with Crippen molar-refractivity contribution >= 4 is 5.91 Å². The molecular weight excluding hydrogens is 202 g/mol. The molecule has 2 rings (SSSR count). The van der Waals surface area contributed by atoms with E-state index in [-0.39, 0.29) is 24.0 Å². The SMILES string of the molecule is [C-]#[N+]C1C2CC2CN1C(=O)[C@H](C)C(C)NC. The lowest BCUT2D eigenvalue weighted by atomic mass is 10.0. The number of rotatable bonds is 3. The van der Waals surface area contributed by atoms with Crippen LogP contribution in [0.4, 0.5) is 0 Å². The van der Waals surface area contributed by atoms with Gasteiger partial charge in [-0.25, -0.2) is 6.57 Å². The summed E-state index contributed by atoms with van der Waals surface area (Å²) in [7, 11) is 1.86. The largest absolute Gasteiger partial charge is 0.316 e. The molecule has 1 saturated heterocycles. The summed E-state index contributed by atoms with van der Waals surface area (Å²) in [6.45, 7) is 11.9. The summed E-state index contributed by atoms with van der Waals surface area (Å²) in [4.78, 5) is 17.6. The molecule has 2 aliphatic rings. The zero-order valence-corrected chi connectivity index (χ0v) is 10.1. The molecule has 1 N–H and O–H groups in total. The minimum atomic E-state index is -0.177. The number of hydrogen-bond acceptors (Lipinski definition) is 2. The number of amides is 1. The third kappa shape index (κ3) is 1.69. The molecule has 4 unspecified atom stereocenters. The van der Waals surface area contributed by atoms with Gasteiger partial charge in [-0.2, -0.15) is 0 Å². The monoisotopic (exact) mass is 221 g/mol. The number of fused-ring (bicyclic) bond motifs is 1. The third-order valence-corrected chi connectivity index (χ3v) is 4.12. The Hall–Kier alpha value is -1.08. The number of carbonyl (C=O) groups excluding carboxylic acids is 1. The Bertz CT molecular complexity index is 336. The summed E-state index contributed by atoms with van der Waals surface area (Å²) in [6.07, 6.45) is 0.969. The van der Waals surface area contributed by atoms with Crippen LogP contribution in [0.1, 0.15) is 20.3 Å². The first-order chi connectivity index (χ1) is 7.60. The van der Waals surface area contributed by atoms with Crippen molar-refractivity contribution in [3.05, 3.63) is 11.4 Å². The summed E-state index contributed by atoms with van der Waals surface area (Å²) in [5, 5.41) is 3.10. The number of nitrogens with one attached hydrogen (secondary N) is 1. The molecule has 88 valence electrons. The van der Waals surface area contributed by atoms with Gasteiger partial charge in [-0.1, -0.05) is 6.92 Å². The summed E-state index contributed by atoms with van der Waals surface area (Å²) in [5.41, 5.74) is 0. The van der Waals surface area contributed by atoms with Crippen LogP contribution in [-0.2, 0) is 4.79 Å². The van der Waals surface area contributed by atoms with E-state index in [1.165, 1.54) is 0 Å². The van der Waals surface area contributed by atoms with E-state index >= 15 is 0 Å². The fraction of sp³-hybridized carbons (Fsp3) is 0.833. The van der Waals surface area contributed by atoms with Crippen LogP contribution in [0, 0.1) is 24.3 Å². The van der Waals surface area contributed by atoms with Crippen molar-refractivity contribution in [1.82, 2.24) is 10.2 Å². The highest BCUT2D eigenvalue weighted by molar-refractivity contribution is 5.80. The van der Waals surface area contributed by atoms with Crippen molar-refractivity contribution < 1.29 is 4.79 Å². The lowest BCUT2D eigenvalue weighted by Gasteiger charge is -2.26. The van der Waals surface area contributed by atoms with Crippen LogP contribution >= 0.6 is 0 Å². The average molecular weight is 221 g/mol. The highest BCUT2D eigenvalue weighted by Crippen LogP contribution is 2.50. The first-order valence-corrected chi connectivity index (χ1v) is 5.94. The van der Waals surface area contributed by atoms with Gasteiger partial charge >= 0.3 is 6.17 Å². The smallest absolute Gasteiger partial charge is 0.303 e. The molecule has 1 amide bonds. The van der Waals surface area contributed by atoms with Gasteiger partial charge in [-0.3, -0.25) is 14.5 Å². The number of nitrogens with zero attached hydrogens (tertiary/aromatic N) is 2. The van der Waals surface area contributed by atoms with Crippen LogP contribution in [0.3, 0.4) is 0 Å². The molecule has 16 heavy (non-hydrogen) atoms. The zero-order valence-electron chi connectivity index (χ0n) is 10.1. The standard InChI is InChI=1S/C12H19N3O/c1-7(8(2)13-3)12(16)15-6-9-5-10(9)11(15)14-4/h7-11,13H,5-6H2,1-3H3/t7-,8?,9?,10?,11?/m1/s1. The zero-order chi connectivity index (χ0) is 11.9. The van der Waals surface area contributed by atoms with Gasteiger partial charge in [0.25, 0.3) is 0 Å². The molecule has 4 heteroatoms. The van der Waals surface area contributed by atoms with Crippen LogP contribution in [0.15, 0.2) is 0 Å². The van der Waals surface area contributed by atoms with Crippen molar-refractivity contribution in [2.75, 3.05) is 13.6 Å². The Morgan fingerprint density at radius 2 is 2.25 bits per heavy atom. The molecule has 5 atom stereocenters. The van der Waals surface area contributed by atoms with Crippen LogP contribution in [0.25, 0.3) is 4.85 Å². The van der Waals surface area contributed by atoms with Crippen molar-refractivity contribution in [3.63, 3.8) is 0 Å². The van der Waals surface area contributed by atoms with E-state index in [9.17, 15) is 4.79 Å². The van der Waals surface area contributed by atoms with E-state index in [0.29, 0.717) is 11.8 Å². The Kier molecular flexibility index (Phi) is 2.90. The second kappa shape index (κ2) is 4.06. The second-order valence-electron chi connectivity index (χ2n) is 5.06. The average Bonchev–Trinajstić information content (AvgIpc) is 2.98. The van der Waals surface area contributed by atoms with E-state index in [0.717, 1.165) is 13.0 Å². The van der Waals surface area contributed by atoms with E-state index in [1.807, 2.05) is 20.9 Å². The van der Waals surface area contributed by atoms with Gasteiger partial charge in [0.1, 0.15) is 0 Å². The maximum atomic E-state index is 12.2. The summed E-state index contributed by atoms with van der Waals surface area (Å²) in [6, 6.07) is 0.163. The molecule has 2 fully saturated rings. The van der Waals surface area contributed by atoms with Gasteiger partial charge in [0.15, 0.2) is 0 Å². The molecule has 1 saturated carbocycles. The minimum Gasteiger partial charge on any atom is -0.316 e. The van der Waals surface area contributed by atoms with Gasteiger partial charge in [0.05, 0.1) is 11.8 Å². The Balaban J connectivity index is 2.03. The normalized spacial score (nSPS) is 35.1. The lowest BCUT2D eigenvalue weighted by molar-refractivity contribution is -0.136. The molecule has 0 bridgehead atoms. The van der Waals surface area contributed by atoms with Crippen molar-refractivity contribution in [3.8, 4) is 0 Å². The Morgan fingerprint density at radius 1 is 1.56 bits per heavy atom. The van der Waals surface area contributed by atoms with Gasteiger partial charge in [-0.15, -0.1) is 0 Å². The number of piperidine rings is 1. The fourth-order valence-electron chi connectivity index (χ4n) is 2.55. The maximum absolute atomic E-state index is 12.2. The van der Waals surface area contributed by atoms with Gasteiger partial charge < -0.3 is 5.32 Å². The summed E-state index contributed by atoms with van der Waals surface area (Å²) >= 11 is 0. The topological polar surface area (TPSA) is 36.7 Å². The summed E-state index contributed by atoms with van der Waals surface area (Å²) < 4.78 is 0. The fourth-order valence-corrected chi connectivity index (χ4v) is 2.55. The molecule has 1 aliphatic heterocycles. The lowest BCUT2D eigenvalue weighted by Crippen LogP contribution is -2.45. The van der Waals surface area contributed by atoms with Crippen LogP contribution < -0.4 is 5.32 Å².